The van der Waals surface area contributed by atoms with E-state index in [1.165, 1.54) is 0 Å². The lowest BCUT2D eigenvalue weighted by Gasteiger charge is -1.99. The molecular weight excluding hydrogens is 206 g/mol. The van der Waals surface area contributed by atoms with Crippen LogP contribution in [0.25, 0.3) is 5.69 Å². The van der Waals surface area contributed by atoms with Gasteiger partial charge in [-0.05, 0) is 9.95 Å². The Labute approximate surface area is 92.4 Å². The molecule has 1 atom stereocenters. The van der Waals surface area contributed by atoms with Crippen LogP contribution in [0.5, 0.6) is 0 Å². The predicted octanol–water partition coefficient (Wildman–Crippen LogP) is 0.307. The molecule has 5 nitrogen and oxygen atoms in total. The summed E-state index contributed by atoms with van der Waals surface area (Å²) in [5.74, 6) is -0.0530. The van der Waals surface area contributed by atoms with Gasteiger partial charge in [0, 0.05) is 18.7 Å². The first-order chi connectivity index (χ1) is 7.74. The number of para-hydroxylation sites is 1. The van der Waals surface area contributed by atoms with Gasteiger partial charge >= 0.3 is 11.3 Å². The van der Waals surface area contributed by atoms with Gasteiger partial charge in [-0.15, -0.1) is 0 Å². The lowest BCUT2D eigenvalue weighted by Crippen LogP contribution is -2.40. The SMILES string of the molecule is CC(CN)c1c(=O)o[nH][n+]1-c1ccccc1. The number of nitrogens with zero attached hydrogens (tertiary/aromatic N) is 1. The van der Waals surface area contributed by atoms with Gasteiger partial charge in [0.05, 0.1) is 5.92 Å². The number of aromatic nitrogens is 2. The highest BCUT2D eigenvalue weighted by molar-refractivity contribution is 5.21. The van der Waals surface area contributed by atoms with Crippen molar-refractivity contribution < 1.29 is 9.20 Å². The quantitative estimate of drug-likeness (QED) is 0.731. The maximum absolute atomic E-state index is 11.5. The molecular formula is C11H14N3O2+. The van der Waals surface area contributed by atoms with Gasteiger partial charge in [0.1, 0.15) is 0 Å². The Morgan fingerprint density at radius 1 is 1.44 bits per heavy atom. The molecule has 2 rings (SSSR count). The molecule has 0 aliphatic carbocycles. The van der Waals surface area contributed by atoms with Crippen LogP contribution in [-0.2, 0) is 0 Å². The highest BCUT2D eigenvalue weighted by Crippen LogP contribution is 2.06. The van der Waals surface area contributed by atoms with E-state index in [0.29, 0.717) is 12.2 Å². The molecule has 1 unspecified atom stereocenters. The van der Waals surface area contributed by atoms with E-state index in [1.54, 1.807) is 4.68 Å². The molecule has 3 N–H and O–H groups in total. The highest BCUT2D eigenvalue weighted by atomic mass is 16.5. The minimum atomic E-state index is -0.373. The van der Waals surface area contributed by atoms with Crippen LogP contribution in [0.1, 0.15) is 18.5 Å². The van der Waals surface area contributed by atoms with Gasteiger partial charge in [0.2, 0.25) is 5.69 Å². The zero-order chi connectivity index (χ0) is 11.5. The third kappa shape index (κ3) is 1.77. The Morgan fingerprint density at radius 2 is 2.12 bits per heavy atom. The van der Waals surface area contributed by atoms with E-state index < -0.39 is 0 Å². The summed E-state index contributed by atoms with van der Waals surface area (Å²) in [5.41, 5.74) is 6.58. The molecule has 1 aromatic carbocycles. The Kier molecular flexibility index (Phi) is 2.87. The molecule has 0 fully saturated rings. The average molecular weight is 220 g/mol. The van der Waals surface area contributed by atoms with Gasteiger partial charge in [-0.25, -0.2) is 4.79 Å². The van der Waals surface area contributed by atoms with E-state index in [1.807, 2.05) is 37.3 Å². The fourth-order valence-electron chi connectivity index (χ4n) is 1.58. The summed E-state index contributed by atoms with van der Waals surface area (Å²) in [7, 11) is 0. The van der Waals surface area contributed by atoms with Crippen LogP contribution in [0.2, 0.25) is 0 Å². The van der Waals surface area contributed by atoms with Crippen molar-refractivity contribution in [2.75, 3.05) is 6.54 Å². The Balaban J connectivity index is 2.55. The predicted molar refractivity (Wildman–Crippen MR) is 58.3 cm³/mol. The van der Waals surface area contributed by atoms with Crippen molar-refractivity contribution in [2.45, 2.75) is 12.8 Å². The normalized spacial score (nSPS) is 12.6. The second kappa shape index (κ2) is 4.32. The summed E-state index contributed by atoms with van der Waals surface area (Å²) in [4.78, 5) is 11.5. The topological polar surface area (TPSA) is 75.9 Å². The lowest BCUT2D eigenvalue weighted by atomic mass is 10.1. The number of nitrogens with one attached hydrogen (secondary N) is 1. The second-order valence-corrected chi connectivity index (χ2v) is 3.67. The molecule has 1 aromatic heterocycles. The van der Waals surface area contributed by atoms with E-state index >= 15 is 0 Å². The number of hydrogen-bond donors (Lipinski definition) is 2. The monoisotopic (exact) mass is 220 g/mol. The molecule has 1 heterocycles. The summed E-state index contributed by atoms with van der Waals surface area (Å²) < 4.78 is 6.42. The number of rotatable bonds is 3. The first-order valence-electron chi connectivity index (χ1n) is 5.13. The van der Waals surface area contributed by atoms with E-state index in [9.17, 15) is 4.79 Å². The van der Waals surface area contributed by atoms with Crippen molar-refractivity contribution in [3.05, 3.63) is 46.4 Å². The molecule has 2 aromatic rings. The summed E-state index contributed by atoms with van der Waals surface area (Å²) >= 11 is 0. The number of benzene rings is 1. The van der Waals surface area contributed by atoms with E-state index in [-0.39, 0.29) is 11.5 Å². The highest BCUT2D eigenvalue weighted by Gasteiger charge is 2.27. The molecule has 0 spiro atoms. The third-order valence-corrected chi connectivity index (χ3v) is 2.51. The van der Waals surface area contributed by atoms with Gasteiger partial charge in [-0.3, -0.25) is 4.52 Å². The minimum Gasteiger partial charge on any atom is -0.330 e. The Bertz CT molecular complexity index is 516. The van der Waals surface area contributed by atoms with E-state index in [4.69, 9.17) is 10.3 Å². The van der Waals surface area contributed by atoms with Crippen LogP contribution in [-0.4, -0.2) is 11.8 Å². The number of nitrogens with two attached hydrogens (primary N) is 1. The molecule has 0 aliphatic rings. The summed E-state index contributed by atoms with van der Waals surface area (Å²) in [6.07, 6.45) is 0. The van der Waals surface area contributed by atoms with Gasteiger partial charge in [0.15, 0.2) is 0 Å². The Morgan fingerprint density at radius 3 is 2.75 bits per heavy atom. The molecule has 0 aliphatic heterocycles. The summed E-state index contributed by atoms with van der Waals surface area (Å²) in [5, 5.41) is 2.58. The van der Waals surface area contributed by atoms with Gasteiger partial charge in [-0.2, -0.15) is 0 Å². The standard InChI is InChI=1S/C11H13N3O2/c1-8(7-12)10-11(15)16-13-14(10)9-5-3-2-4-6-9/h2-6,8H,7,12H2,1H3/p+1. The molecule has 0 radical (unpaired) electrons. The molecule has 0 saturated heterocycles. The average Bonchev–Trinajstić information content (AvgIpc) is 2.71. The van der Waals surface area contributed by atoms with Crippen molar-refractivity contribution >= 4 is 0 Å². The molecule has 16 heavy (non-hydrogen) atoms. The zero-order valence-corrected chi connectivity index (χ0v) is 9.01. The number of H-pyrrole nitrogens is 1. The number of hydrogen-bond acceptors (Lipinski definition) is 3. The fraction of sp³-hybridized carbons (Fsp3) is 0.273. The molecule has 5 heteroatoms. The van der Waals surface area contributed by atoms with Gasteiger partial charge in [0.25, 0.3) is 0 Å². The van der Waals surface area contributed by atoms with E-state index in [2.05, 4.69) is 5.27 Å². The largest absolute Gasteiger partial charge is 0.430 e. The van der Waals surface area contributed by atoms with Crippen LogP contribution < -0.4 is 16.0 Å². The minimum absolute atomic E-state index is 0.0530. The van der Waals surface area contributed by atoms with Crippen LogP contribution in [0.3, 0.4) is 0 Å². The smallest absolute Gasteiger partial charge is 0.330 e. The first kappa shape index (κ1) is 10.6. The Hall–Kier alpha value is -1.88. The van der Waals surface area contributed by atoms with Crippen LogP contribution in [0, 0.1) is 0 Å². The zero-order valence-electron chi connectivity index (χ0n) is 9.01. The van der Waals surface area contributed by atoms with Crippen molar-refractivity contribution in [1.82, 2.24) is 5.27 Å². The molecule has 84 valence electrons. The third-order valence-electron chi connectivity index (χ3n) is 2.51. The maximum atomic E-state index is 11.5. The first-order valence-corrected chi connectivity index (χ1v) is 5.13. The van der Waals surface area contributed by atoms with Crippen molar-refractivity contribution in [3.8, 4) is 5.69 Å². The van der Waals surface area contributed by atoms with Crippen molar-refractivity contribution in [1.29, 1.82) is 0 Å². The lowest BCUT2D eigenvalue weighted by molar-refractivity contribution is -0.678. The van der Waals surface area contributed by atoms with E-state index in [0.717, 1.165) is 5.69 Å². The fourth-order valence-corrected chi connectivity index (χ4v) is 1.58. The van der Waals surface area contributed by atoms with Crippen LogP contribution in [0.15, 0.2) is 39.6 Å². The van der Waals surface area contributed by atoms with Gasteiger partial charge in [-0.1, -0.05) is 25.1 Å². The molecule has 0 bridgehead atoms. The van der Waals surface area contributed by atoms with Crippen molar-refractivity contribution in [3.63, 3.8) is 0 Å². The van der Waals surface area contributed by atoms with Crippen LogP contribution >= 0.6 is 0 Å². The molecule has 0 amide bonds. The van der Waals surface area contributed by atoms with Gasteiger partial charge < -0.3 is 5.73 Å². The second-order valence-electron chi connectivity index (χ2n) is 3.67. The number of aromatic amines is 1. The van der Waals surface area contributed by atoms with Crippen LogP contribution in [0.4, 0.5) is 0 Å². The maximum Gasteiger partial charge on any atom is 0.430 e. The summed E-state index contributed by atoms with van der Waals surface area (Å²) in [6.45, 7) is 2.29. The van der Waals surface area contributed by atoms with Crippen molar-refractivity contribution in [2.24, 2.45) is 5.73 Å². The summed E-state index contributed by atoms with van der Waals surface area (Å²) in [6, 6.07) is 9.47. The molecule has 0 saturated carbocycles.